The molecular weight excluding hydrogens is 206 g/mol. The SMILES string of the molecule is CCCCOCCCNC(=O)c1ccco1. The topological polar surface area (TPSA) is 51.5 Å². The zero-order chi connectivity index (χ0) is 11.6. The van der Waals surface area contributed by atoms with Crippen molar-refractivity contribution >= 4 is 5.91 Å². The monoisotopic (exact) mass is 225 g/mol. The summed E-state index contributed by atoms with van der Waals surface area (Å²) in [6.45, 7) is 4.25. The summed E-state index contributed by atoms with van der Waals surface area (Å²) in [6, 6.07) is 3.34. The van der Waals surface area contributed by atoms with Crippen LogP contribution in [-0.4, -0.2) is 25.7 Å². The van der Waals surface area contributed by atoms with Gasteiger partial charge in [-0.05, 0) is 25.0 Å². The first kappa shape index (κ1) is 12.8. The van der Waals surface area contributed by atoms with Gasteiger partial charge in [-0.25, -0.2) is 0 Å². The lowest BCUT2D eigenvalue weighted by Crippen LogP contribution is -2.24. The average molecular weight is 225 g/mol. The molecule has 90 valence electrons. The third-order valence-electron chi connectivity index (χ3n) is 2.14. The van der Waals surface area contributed by atoms with Gasteiger partial charge in [-0.1, -0.05) is 13.3 Å². The lowest BCUT2D eigenvalue weighted by Gasteiger charge is -2.04. The van der Waals surface area contributed by atoms with Crippen molar-refractivity contribution in [3.05, 3.63) is 24.2 Å². The average Bonchev–Trinajstić information content (AvgIpc) is 2.81. The van der Waals surface area contributed by atoms with Crippen LogP contribution < -0.4 is 5.32 Å². The van der Waals surface area contributed by atoms with Gasteiger partial charge in [0.25, 0.3) is 5.91 Å². The fourth-order valence-corrected chi connectivity index (χ4v) is 1.22. The highest BCUT2D eigenvalue weighted by Gasteiger charge is 2.06. The van der Waals surface area contributed by atoms with Crippen LogP contribution in [-0.2, 0) is 4.74 Å². The number of furan rings is 1. The number of carbonyl (C=O) groups is 1. The number of carbonyl (C=O) groups excluding carboxylic acids is 1. The van der Waals surface area contributed by atoms with Crippen LogP contribution in [0.2, 0.25) is 0 Å². The highest BCUT2D eigenvalue weighted by atomic mass is 16.5. The maximum absolute atomic E-state index is 11.4. The van der Waals surface area contributed by atoms with Gasteiger partial charge in [0.1, 0.15) is 0 Å². The number of unbranched alkanes of at least 4 members (excludes halogenated alkanes) is 1. The second kappa shape index (κ2) is 7.93. The molecule has 0 saturated heterocycles. The van der Waals surface area contributed by atoms with E-state index >= 15 is 0 Å². The quantitative estimate of drug-likeness (QED) is 0.690. The number of nitrogens with one attached hydrogen (secondary N) is 1. The summed E-state index contributed by atoms with van der Waals surface area (Å²) in [4.78, 5) is 11.4. The zero-order valence-electron chi connectivity index (χ0n) is 9.70. The molecule has 0 spiro atoms. The van der Waals surface area contributed by atoms with Crippen LogP contribution in [0, 0.1) is 0 Å². The molecule has 0 radical (unpaired) electrons. The van der Waals surface area contributed by atoms with E-state index in [2.05, 4.69) is 12.2 Å². The molecule has 1 rings (SSSR count). The second-order valence-corrected chi connectivity index (χ2v) is 3.55. The lowest BCUT2D eigenvalue weighted by atomic mass is 10.3. The first-order chi connectivity index (χ1) is 7.84. The van der Waals surface area contributed by atoms with E-state index in [1.165, 1.54) is 6.26 Å². The minimum absolute atomic E-state index is 0.168. The largest absolute Gasteiger partial charge is 0.459 e. The molecule has 0 aliphatic heterocycles. The number of amides is 1. The molecule has 0 aromatic carbocycles. The predicted molar refractivity (Wildman–Crippen MR) is 61.4 cm³/mol. The Kier molecular flexibility index (Phi) is 6.33. The van der Waals surface area contributed by atoms with Crippen molar-refractivity contribution in [2.45, 2.75) is 26.2 Å². The highest BCUT2D eigenvalue weighted by Crippen LogP contribution is 1.98. The molecule has 0 aliphatic rings. The highest BCUT2D eigenvalue weighted by molar-refractivity contribution is 5.91. The molecule has 0 unspecified atom stereocenters. The van der Waals surface area contributed by atoms with E-state index in [4.69, 9.17) is 9.15 Å². The number of hydrogen-bond donors (Lipinski definition) is 1. The van der Waals surface area contributed by atoms with Crippen molar-refractivity contribution in [1.82, 2.24) is 5.32 Å². The summed E-state index contributed by atoms with van der Waals surface area (Å²) in [6.07, 6.45) is 4.56. The van der Waals surface area contributed by atoms with E-state index in [0.717, 1.165) is 25.9 Å². The van der Waals surface area contributed by atoms with Gasteiger partial charge in [0.2, 0.25) is 0 Å². The Morgan fingerprint density at radius 1 is 1.44 bits per heavy atom. The minimum atomic E-state index is -0.168. The number of rotatable bonds is 8. The molecule has 0 bridgehead atoms. The van der Waals surface area contributed by atoms with E-state index in [9.17, 15) is 4.79 Å². The Morgan fingerprint density at radius 2 is 2.25 bits per heavy atom. The van der Waals surface area contributed by atoms with Gasteiger partial charge in [-0.2, -0.15) is 0 Å². The van der Waals surface area contributed by atoms with Crippen LogP contribution in [0.15, 0.2) is 22.8 Å². The fourth-order valence-electron chi connectivity index (χ4n) is 1.22. The van der Waals surface area contributed by atoms with E-state index in [1.54, 1.807) is 12.1 Å². The maximum Gasteiger partial charge on any atom is 0.286 e. The van der Waals surface area contributed by atoms with E-state index < -0.39 is 0 Å². The molecule has 0 atom stereocenters. The lowest BCUT2D eigenvalue weighted by molar-refractivity contribution is 0.0913. The van der Waals surface area contributed by atoms with Gasteiger partial charge in [0, 0.05) is 19.8 Å². The fraction of sp³-hybridized carbons (Fsp3) is 0.583. The summed E-state index contributed by atoms with van der Waals surface area (Å²) in [5, 5.41) is 2.76. The van der Waals surface area contributed by atoms with Crippen LogP contribution in [0.1, 0.15) is 36.7 Å². The summed E-state index contributed by atoms with van der Waals surface area (Å²) in [7, 11) is 0. The van der Waals surface area contributed by atoms with Crippen LogP contribution >= 0.6 is 0 Å². The summed E-state index contributed by atoms with van der Waals surface area (Å²) in [5.74, 6) is 0.186. The molecule has 1 aromatic rings. The van der Waals surface area contributed by atoms with Crippen molar-refractivity contribution < 1.29 is 13.9 Å². The van der Waals surface area contributed by atoms with E-state index in [-0.39, 0.29) is 5.91 Å². The Bertz CT molecular complexity index is 282. The first-order valence-electron chi connectivity index (χ1n) is 5.74. The Hall–Kier alpha value is -1.29. The van der Waals surface area contributed by atoms with Crippen LogP contribution in [0.4, 0.5) is 0 Å². The van der Waals surface area contributed by atoms with Crippen molar-refractivity contribution in [3.63, 3.8) is 0 Å². The third-order valence-corrected chi connectivity index (χ3v) is 2.14. The van der Waals surface area contributed by atoms with Crippen molar-refractivity contribution in [1.29, 1.82) is 0 Å². The maximum atomic E-state index is 11.4. The molecule has 4 heteroatoms. The Labute approximate surface area is 96.0 Å². The molecule has 1 aromatic heterocycles. The number of hydrogen-bond acceptors (Lipinski definition) is 3. The normalized spacial score (nSPS) is 10.3. The molecule has 0 fully saturated rings. The predicted octanol–water partition coefficient (Wildman–Crippen LogP) is 2.22. The zero-order valence-corrected chi connectivity index (χ0v) is 9.70. The Morgan fingerprint density at radius 3 is 2.94 bits per heavy atom. The summed E-state index contributed by atoms with van der Waals surface area (Å²) < 4.78 is 10.3. The standard InChI is InChI=1S/C12H19NO3/c1-2-3-8-15-9-5-7-13-12(14)11-6-4-10-16-11/h4,6,10H,2-3,5,7-9H2,1H3,(H,13,14). The first-order valence-corrected chi connectivity index (χ1v) is 5.74. The van der Waals surface area contributed by atoms with E-state index in [0.29, 0.717) is 18.9 Å². The molecule has 4 nitrogen and oxygen atoms in total. The molecule has 1 amide bonds. The second-order valence-electron chi connectivity index (χ2n) is 3.55. The number of ether oxygens (including phenoxy) is 1. The van der Waals surface area contributed by atoms with Gasteiger partial charge in [-0.15, -0.1) is 0 Å². The van der Waals surface area contributed by atoms with Crippen molar-refractivity contribution in [2.24, 2.45) is 0 Å². The Balaban J connectivity index is 1.97. The van der Waals surface area contributed by atoms with E-state index in [1.807, 2.05) is 0 Å². The van der Waals surface area contributed by atoms with Crippen molar-refractivity contribution in [3.8, 4) is 0 Å². The minimum Gasteiger partial charge on any atom is -0.459 e. The van der Waals surface area contributed by atoms with Gasteiger partial charge in [0.05, 0.1) is 6.26 Å². The molecule has 16 heavy (non-hydrogen) atoms. The molecule has 0 saturated carbocycles. The molecule has 1 N–H and O–H groups in total. The van der Waals surface area contributed by atoms with Gasteiger partial charge in [0.15, 0.2) is 5.76 Å². The third kappa shape index (κ3) is 4.98. The van der Waals surface area contributed by atoms with Gasteiger partial charge >= 0.3 is 0 Å². The summed E-state index contributed by atoms with van der Waals surface area (Å²) >= 11 is 0. The molecule has 0 aliphatic carbocycles. The van der Waals surface area contributed by atoms with Crippen LogP contribution in [0.5, 0.6) is 0 Å². The van der Waals surface area contributed by atoms with Crippen LogP contribution in [0.3, 0.4) is 0 Å². The van der Waals surface area contributed by atoms with Gasteiger partial charge in [-0.3, -0.25) is 4.79 Å². The molecular formula is C12H19NO3. The molecule has 1 heterocycles. The summed E-state index contributed by atoms with van der Waals surface area (Å²) in [5.41, 5.74) is 0. The van der Waals surface area contributed by atoms with Gasteiger partial charge < -0.3 is 14.5 Å². The van der Waals surface area contributed by atoms with Crippen molar-refractivity contribution in [2.75, 3.05) is 19.8 Å². The smallest absolute Gasteiger partial charge is 0.286 e. The van der Waals surface area contributed by atoms with Crippen LogP contribution in [0.25, 0.3) is 0 Å².